The van der Waals surface area contributed by atoms with Crippen molar-refractivity contribution in [2.24, 2.45) is 5.73 Å². The molecule has 0 atom stereocenters. The second-order valence-electron chi connectivity index (χ2n) is 4.26. The lowest BCUT2D eigenvalue weighted by atomic mass is 10.1. The Morgan fingerprint density at radius 1 is 1.42 bits per heavy atom. The zero-order valence-corrected chi connectivity index (χ0v) is 13.3. The van der Waals surface area contributed by atoms with E-state index in [0.717, 1.165) is 0 Å². The molecule has 0 saturated heterocycles. The highest BCUT2D eigenvalue weighted by Crippen LogP contribution is 2.15. The maximum absolute atomic E-state index is 11.8. The van der Waals surface area contributed by atoms with Crippen molar-refractivity contribution in [3.05, 3.63) is 11.1 Å². The van der Waals surface area contributed by atoms with Crippen LogP contribution in [0.3, 0.4) is 0 Å². The van der Waals surface area contributed by atoms with E-state index in [-0.39, 0.29) is 42.3 Å². The number of nitrogens with zero attached hydrogens (tertiary/aromatic N) is 1. The molecule has 0 fully saturated rings. The summed E-state index contributed by atoms with van der Waals surface area (Å²) >= 11 is 1.20. The standard InChI is InChI=1S/C10H16N4O2S.2ClH/c1-6(15)12-9-13-7(4-17-9)8(16)14-10(2,3)5-11;;/h4H,5,11H2,1-3H3,(H,14,16)(H,12,13,15);2*1H. The van der Waals surface area contributed by atoms with E-state index in [9.17, 15) is 9.59 Å². The summed E-state index contributed by atoms with van der Waals surface area (Å²) < 4.78 is 0. The molecular weight excluding hydrogens is 311 g/mol. The van der Waals surface area contributed by atoms with E-state index in [1.807, 2.05) is 13.8 Å². The largest absolute Gasteiger partial charge is 0.345 e. The number of rotatable bonds is 4. The molecule has 1 heterocycles. The van der Waals surface area contributed by atoms with E-state index in [2.05, 4.69) is 15.6 Å². The van der Waals surface area contributed by atoms with Gasteiger partial charge in [0.1, 0.15) is 5.69 Å². The van der Waals surface area contributed by atoms with Crippen molar-refractivity contribution < 1.29 is 9.59 Å². The van der Waals surface area contributed by atoms with Gasteiger partial charge in [-0.3, -0.25) is 9.59 Å². The normalized spacial score (nSPS) is 9.89. The van der Waals surface area contributed by atoms with Gasteiger partial charge in [0, 0.05) is 24.4 Å². The first-order valence-corrected chi connectivity index (χ1v) is 5.98. The number of amides is 2. The molecule has 9 heteroatoms. The molecule has 1 aromatic heterocycles. The summed E-state index contributed by atoms with van der Waals surface area (Å²) in [6, 6.07) is 0. The molecule has 1 rings (SSSR count). The van der Waals surface area contributed by atoms with Crippen LogP contribution in [-0.2, 0) is 4.79 Å². The molecular formula is C10H18Cl2N4O2S. The first-order valence-electron chi connectivity index (χ1n) is 5.10. The van der Waals surface area contributed by atoms with E-state index in [4.69, 9.17) is 5.73 Å². The van der Waals surface area contributed by atoms with Gasteiger partial charge in [-0.25, -0.2) is 4.98 Å². The molecule has 0 aliphatic carbocycles. The van der Waals surface area contributed by atoms with Crippen LogP contribution in [0.2, 0.25) is 0 Å². The average molecular weight is 329 g/mol. The Kier molecular flexibility index (Phi) is 8.94. The quantitative estimate of drug-likeness (QED) is 0.778. The van der Waals surface area contributed by atoms with Gasteiger partial charge in [0.25, 0.3) is 5.91 Å². The Labute approximate surface area is 128 Å². The van der Waals surface area contributed by atoms with Gasteiger partial charge in [-0.1, -0.05) is 0 Å². The monoisotopic (exact) mass is 328 g/mol. The number of carbonyl (C=O) groups is 2. The maximum atomic E-state index is 11.8. The molecule has 0 aliphatic heterocycles. The third-order valence-electron chi connectivity index (χ3n) is 1.98. The molecule has 0 saturated carbocycles. The van der Waals surface area contributed by atoms with Gasteiger partial charge in [-0.15, -0.1) is 36.2 Å². The second kappa shape index (κ2) is 8.31. The van der Waals surface area contributed by atoms with Crippen molar-refractivity contribution in [1.82, 2.24) is 10.3 Å². The zero-order valence-electron chi connectivity index (χ0n) is 10.9. The third kappa shape index (κ3) is 6.72. The van der Waals surface area contributed by atoms with Crippen molar-refractivity contribution in [1.29, 1.82) is 0 Å². The van der Waals surface area contributed by atoms with Crippen molar-refractivity contribution in [3.8, 4) is 0 Å². The fourth-order valence-electron chi connectivity index (χ4n) is 1.01. The second-order valence-corrected chi connectivity index (χ2v) is 5.12. The molecule has 4 N–H and O–H groups in total. The Hall–Kier alpha value is -0.890. The SMILES string of the molecule is CC(=O)Nc1nc(C(=O)NC(C)(C)CN)cs1.Cl.Cl. The zero-order chi connectivity index (χ0) is 13.1. The number of hydrogen-bond acceptors (Lipinski definition) is 5. The number of anilines is 1. The number of hydrogen-bond donors (Lipinski definition) is 3. The maximum Gasteiger partial charge on any atom is 0.271 e. The van der Waals surface area contributed by atoms with Gasteiger partial charge in [0.05, 0.1) is 0 Å². The topological polar surface area (TPSA) is 97.1 Å². The summed E-state index contributed by atoms with van der Waals surface area (Å²) in [6.07, 6.45) is 0. The minimum atomic E-state index is -0.477. The Balaban J connectivity index is 0. The first-order chi connectivity index (χ1) is 7.84. The van der Waals surface area contributed by atoms with Crippen molar-refractivity contribution >= 4 is 53.1 Å². The van der Waals surface area contributed by atoms with Crippen LogP contribution in [0.15, 0.2) is 5.38 Å². The fraction of sp³-hybridized carbons (Fsp3) is 0.500. The first kappa shape index (κ1) is 20.4. The Bertz CT molecular complexity index is 437. The number of aromatic nitrogens is 1. The lowest BCUT2D eigenvalue weighted by Crippen LogP contribution is -2.48. The summed E-state index contributed by atoms with van der Waals surface area (Å²) in [4.78, 5) is 26.6. The summed E-state index contributed by atoms with van der Waals surface area (Å²) in [5.41, 5.74) is 5.31. The van der Waals surface area contributed by atoms with E-state index >= 15 is 0 Å². The lowest BCUT2D eigenvalue weighted by Gasteiger charge is -2.23. The Morgan fingerprint density at radius 3 is 2.47 bits per heavy atom. The summed E-state index contributed by atoms with van der Waals surface area (Å²) in [5, 5.41) is 7.28. The van der Waals surface area contributed by atoms with Crippen molar-refractivity contribution in [2.75, 3.05) is 11.9 Å². The van der Waals surface area contributed by atoms with E-state index in [1.54, 1.807) is 5.38 Å². The molecule has 19 heavy (non-hydrogen) atoms. The van der Waals surface area contributed by atoms with Gasteiger partial charge in [0.15, 0.2) is 5.13 Å². The van der Waals surface area contributed by atoms with Crippen molar-refractivity contribution in [2.45, 2.75) is 26.3 Å². The molecule has 0 aliphatic rings. The number of nitrogens with one attached hydrogen (secondary N) is 2. The van der Waals surface area contributed by atoms with Crippen LogP contribution in [0, 0.1) is 0 Å². The van der Waals surface area contributed by atoms with Crippen LogP contribution in [0.5, 0.6) is 0 Å². The van der Waals surface area contributed by atoms with Gasteiger partial charge in [-0.2, -0.15) is 0 Å². The Morgan fingerprint density at radius 2 is 2.00 bits per heavy atom. The highest BCUT2D eigenvalue weighted by atomic mass is 35.5. The van der Waals surface area contributed by atoms with E-state index < -0.39 is 5.54 Å². The summed E-state index contributed by atoms with van der Waals surface area (Å²) in [5.74, 6) is -0.512. The van der Waals surface area contributed by atoms with Crippen LogP contribution in [0.4, 0.5) is 5.13 Å². The minimum Gasteiger partial charge on any atom is -0.345 e. The predicted molar refractivity (Wildman–Crippen MR) is 81.5 cm³/mol. The number of thiazole rings is 1. The highest BCUT2D eigenvalue weighted by molar-refractivity contribution is 7.14. The van der Waals surface area contributed by atoms with Crippen LogP contribution < -0.4 is 16.4 Å². The molecule has 110 valence electrons. The van der Waals surface area contributed by atoms with Crippen LogP contribution in [0.25, 0.3) is 0 Å². The fourth-order valence-corrected chi connectivity index (χ4v) is 1.75. The molecule has 0 unspecified atom stereocenters. The van der Waals surface area contributed by atoms with Crippen LogP contribution in [0.1, 0.15) is 31.3 Å². The molecule has 0 spiro atoms. The van der Waals surface area contributed by atoms with E-state index in [1.165, 1.54) is 18.3 Å². The summed E-state index contributed by atoms with van der Waals surface area (Å²) in [7, 11) is 0. The van der Waals surface area contributed by atoms with Gasteiger partial charge >= 0.3 is 0 Å². The number of carbonyl (C=O) groups excluding carboxylic acids is 2. The molecule has 6 nitrogen and oxygen atoms in total. The van der Waals surface area contributed by atoms with Crippen molar-refractivity contribution in [3.63, 3.8) is 0 Å². The molecule has 0 radical (unpaired) electrons. The number of nitrogens with two attached hydrogens (primary N) is 1. The van der Waals surface area contributed by atoms with Crippen LogP contribution in [-0.4, -0.2) is 28.9 Å². The molecule has 0 bridgehead atoms. The summed E-state index contributed by atoms with van der Waals surface area (Å²) in [6.45, 7) is 5.37. The number of halogens is 2. The van der Waals surface area contributed by atoms with Gasteiger partial charge < -0.3 is 16.4 Å². The molecule has 1 aromatic rings. The molecule has 2 amide bonds. The predicted octanol–water partition coefficient (Wildman–Crippen LogP) is 1.41. The third-order valence-corrected chi connectivity index (χ3v) is 2.74. The smallest absolute Gasteiger partial charge is 0.271 e. The van der Waals surface area contributed by atoms with Gasteiger partial charge in [-0.05, 0) is 13.8 Å². The average Bonchev–Trinajstić information content (AvgIpc) is 2.64. The lowest BCUT2D eigenvalue weighted by molar-refractivity contribution is -0.114. The highest BCUT2D eigenvalue weighted by Gasteiger charge is 2.20. The van der Waals surface area contributed by atoms with Gasteiger partial charge in [0.2, 0.25) is 5.91 Å². The van der Waals surface area contributed by atoms with E-state index in [0.29, 0.717) is 11.7 Å². The van der Waals surface area contributed by atoms with Crippen LogP contribution >= 0.6 is 36.2 Å². The molecule has 0 aromatic carbocycles. The minimum absolute atomic E-state index is 0.